The van der Waals surface area contributed by atoms with Crippen LogP contribution in [0.25, 0.3) is 11.0 Å². The second-order valence-corrected chi connectivity index (χ2v) is 6.48. The highest BCUT2D eigenvalue weighted by atomic mass is 16.2. The first-order chi connectivity index (χ1) is 12.7. The van der Waals surface area contributed by atoms with Crippen LogP contribution in [-0.2, 0) is 11.8 Å². The lowest BCUT2D eigenvalue weighted by molar-refractivity contribution is -0.128. The minimum Gasteiger partial charge on any atom is -0.369 e. The molecule has 1 aliphatic rings. The fourth-order valence-corrected chi connectivity index (χ4v) is 3.75. The van der Waals surface area contributed by atoms with Gasteiger partial charge in [-0.3, -0.25) is 14.5 Å². The summed E-state index contributed by atoms with van der Waals surface area (Å²) >= 11 is 0. The van der Waals surface area contributed by atoms with Gasteiger partial charge in [0, 0.05) is 44.9 Å². The molecule has 1 N–H and O–H groups in total. The highest BCUT2D eigenvalue weighted by Crippen LogP contribution is 2.37. The van der Waals surface area contributed by atoms with Crippen LogP contribution < -0.4 is 5.32 Å². The molecule has 0 unspecified atom stereocenters. The number of amides is 1. The molecule has 8 nitrogen and oxygen atoms in total. The van der Waals surface area contributed by atoms with Crippen molar-refractivity contribution in [3.63, 3.8) is 0 Å². The Bertz CT molecular complexity index is 924. The Morgan fingerprint density at radius 2 is 2.19 bits per heavy atom. The Morgan fingerprint density at radius 3 is 2.96 bits per heavy atom. The van der Waals surface area contributed by atoms with E-state index in [1.807, 2.05) is 37.2 Å². The largest absolute Gasteiger partial charge is 0.369 e. The molecule has 26 heavy (non-hydrogen) atoms. The third-order valence-electron chi connectivity index (χ3n) is 4.97. The lowest BCUT2D eigenvalue weighted by Gasteiger charge is -2.27. The first-order valence-corrected chi connectivity index (χ1v) is 8.75. The van der Waals surface area contributed by atoms with Crippen molar-refractivity contribution in [1.29, 1.82) is 0 Å². The van der Waals surface area contributed by atoms with Crippen LogP contribution >= 0.6 is 0 Å². The Labute approximate surface area is 151 Å². The van der Waals surface area contributed by atoms with Gasteiger partial charge in [0.05, 0.1) is 17.6 Å². The number of pyridine rings is 1. The lowest BCUT2D eigenvalue weighted by Crippen LogP contribution is -2.30. The molecule has 1 saturated heterocycles. The smallest absolute Gasteiger partial charge is 0.223 e. The monoisotopic (exact) mass is 351 g/mol. The number of carbonyl (C=O) groups is 1. The van der Waals surface area contributed by atoms with E-state index >= 15 is 0 Å². The zero-order chi connectivity index (χ0) is 18.1. The average Bonchev–Trinajstić information content (AvgIpc) is 3.20. The molecule has 0 aliphatic carbocycles. The maximum Gasteiger partial charge on any atom is 0.223 e. The standard InChI is InChI=1S/C18H21N7O/c1-3-25-15(26)7-13(16(25)12-5-4-6-19-8-12)9-20-17-14-10-23-24(2)18(14)22-11-21-17/h4-6,8,10-11,13,16H,3,7,9H2,1-2H3,(H,20,21,22)/t13-,16-/m0/s1. The lowest BCUT2D eigenvalue weighted by atomic mass is 9.94. The Morgan fingerprint density at radius 1 is 1.31 bits per heavy atom. The van der Waals surface area contributed by atoms with Gasteiger partial charge in [0.25, 0.3) is 0 Å². The van der Waals surface area contributed by atoms with E-state index in [2.05, 4.69) is 25.4 Å². The molecule has 0 radical (unpaired) electrons. The summed E-state index contributed by atoms with van der Waals surface area (Å²) in [6.45, 7) is 3.35. The molecule has 4 rings (SSSR count). The fraction of sp³-hybridized carbons (Fsp3) is 0.389. The molecule has 0 spiro atoms. The normalized spacial score (nSPS) is 20.1. The summed E-state index contributed by atoms with van der Waals surface area (Å²) in [6.07, 6.45) is 7.41. The summed E-state index contributed by atoms with van der Waals surface area (Å²) in [5.74, 6) is 1.08. The molecule has 1 fully saturated rings. The third kappa shape index (κ3) is 2.77. The van der Waals surface area contributed by atoms with E-state index < -0.39 is 0 Å². The van der Waals surface area contributed by atoms with Gasteiger partial charge in [0.1, 0.15) is 12.1 Å². The van der Waals surface area contributed by atoms with Gasteiger partial charge in [-0.1, -0.05) is 6.07 Å². The number of anilines is 1. The Kier molecular flexibility index (Phi) is 4.24. The van der Waals surface area contributed by atoms with Gasteiger partial charge >= 0.3 is 0 Å². The molecule has 4 heterocycles. The summed E-state index contributed by atoms with van der Waals surface area (Å²) in [6, 6.07) is 3.98. The van der Waals surface area contributed by atoms with E-state index in [9.17, 15) is 4.79 Å². The predicted molar refractivity (Wildman–Crippen MR) is 97.3 cm³/mol. The van der Waals surface area contributed by atoms with E-state index in [1.165, 1.54) is 6.33 Å². The van der Waals surface area contributed by atoms with E-state index in [-0.39, 0.29) is 17.9 Å². The number of likely N-dealkylation sites (tertiary alicyclic amines) is 1. The number of rotatable bonds is 5. The van der Waals surface area contributed by atoms with Crippen LogP contribution in [0, 0.1) is 5.92 Å². The maximum atomic E-state index is 12.5. The molecule has 134 valence electrons. The molecule has 0 aromatic carbocycles. The van der Waals surface area contributed by atoms with Crippen molar-refractivity contribution >= 4 is 22.8 Å². The van der Waals surface area contributed by atoms with Crippen LogP contribution in [0.4, 0.5) is 5.82 Å². The topological polar surface area (TPSA) is 88.8 Å². The van der Waals surface area contributed by atoms with E-state index in [0.29, 0.717) is 19.5 Å². The van der Waals surface area contributed by atoms with Gasteiger partial charge in [-0.2, -0.15) is 5.10 Å². The van der Waals surface area contributed by atoms with Crippen LogP contribution in [0.3, 0.4) is 0 Å². The number of nitrogens with zero attached hydrogens (tertiary/aromatic N) is 6. The van der Waals surface area contributed by atoms with Crippen molar-refractivity contribution in [2.75, 3.05) is 18.4 Å². The first-order valence-electron chi connectivity index (χ1n) is 8.75. The quantitative estimate of drug-likeness (QED) is 0.754. The Hall–Kier alpha value is -3.03. The number of aromatic nitrogens is 5. The molecule has 3 aromatic rings. The highest BCUT2D eigenvalue weighted by Gasteiger charge is 2.39. The van der Waals surface area contributed by atoms with Crippen molar-refractivity contribution < 1.29 is 4.79 Å². The van der Waals surface area contributed by atoms with E-state index in [1.54, 1.807) is 17.1 Å². The molecule has 1 aliphatic heterocycles. The molecule has 1 amide bonds. The zero-order valence-electron chi connectivity index (χ0n) is 14.8. The van der Waals surface area contributed by atoms with E-state index in [0.717, 1.165) is 22.4 Å². The summed E-state index contributed by atoms with van der Waals surface area (Å²) in [5.41, 5.74) is 1.85. The molecule has 0 bridgehead atoms. The van der Waals surface area contributed by atoms with Crippen molar-refractivity contribution in [3.8, 4) is 0 Å². The number of carbonyl (C=O) groups excluding carboxylic acids is 1. The number of fused-ring (bicyclic) bond motifs is 1. The second kappa shape index (κ2) is 6.70. The van der Waals surface area contributed by atoms with E-state index in [4.69, 9.17) is 0 Å². The van der Waals surface area contributed by atoms with Crippen LogP contribution in [0.15, 0.2) is 37.1 Å². The third-order valence-corrected chi connectivity index (χ3v) is 4.97. The number of aryl methyl sites for hydroxylation is 1. The van der Waals surface area contributed by atoms with Crippen LogP contribution in [0.2, 0.25) is 0 Å². The summed E-state index contributed by atoms with van der Waals surface area (Å²) in [4.78, 5) is 27.2. The van der Waals surface area contributed by atoms with Crippen molar-refractivity contribution in [1.82, 2.24) is 29.6 Å². The molecule has 0 saturated carbocycles. The predicted octanol–water partition coefficient (Wildman–Crippen LogP) is 1.78. The van der Waals surface area contributed by atoms with Crippen molar-refractivity contribution in [3.05, 3.63) is 42.6 Å². The number of nitrogens with one attached hydrogen (secondary N) is 1. The SMILES string of the molecule is CCN1C(=O)C[C@@H](CNc2ncnc3c2cnn3C)[C@@H]1c1cccnc1. The number of hydrogen-bond donors (Lipinski definition) is 1. The summed E-state index contributed by atoms with van der Waals surface area (Å²) in [5, 5.41) is 8.52. The molecule has 8 heteroatoms. The molecular weight excluding hydrogens is 330 g/mol. The van der Waals surface area contributed by atoms with Gasteiger partial charge in [0.15, 0.2) is 5.65 Å². The van der Waals surface area contributed by atoms with Crippen LogP contribution in [0.1, 0.15) is 24.9 Å². The zero-order valence-corrected chi connectivity index (χ0v) is 14.8. The van der Waals surface area contributed by atoms with Crippen molar-refractivity contribution in [2.45, 2.75) is 19.4 Å². The van der Waals surface area contributed by atoms with Crippen LogP contribution in [0.5, 0.6) is 0 Å². The molecule has 3 aromatic heterocycles. The Balaban J connectivity index is 1.59. The summed E-state index contributed by atoms with van der Waals surface area (Å²) in [7, 11) is 1.85. The van der Waals surface area contributed by atoms with Crippen molar-refractivity contribution in [2.24, 2.45) is 13.0 Å². The highest BCUT2D eigenvalue weighted by molar-refractivity contribution is 5.86. The van der Waals surface area contributed by atoms with Gasteiger partial charge in [-0.15, -0.1) is 0 Å². The summed E-state index contributed by atoms with van der Waals surface area (Å²) < 4.78 is 1.72. The first kappa shape index (κ1) is 16.4. The van der Waals surface area contributed by atoms with Crippen LogP contribution in [-0.4, -0.2) is 48.6 Å². The molecule has 2 atom stereocenters. The van der Waals surface area contributed by atoms with Gasteiger partial charge in [-0.05, 0) is 18.6 Å². The second-order valence-electron chi connectivity index (χ2n) is 6.48. The average molecular weight is 351 g/mol. The van der Waals surface area contributed by atoms with Gasteiger partial charge in [-0.25, -0.2) is 9.97 Å². The maximum absolute atomic E-state index is 12.5. The van der Waals surface area contributed by atoms with Gasteiger partial charge in [0.2, 0.25) is 5.91 Å². The fourth-order valence-electron chi connectivity index (χ4n) is 3.75. The minimum atomic E-state index is 0.0277. The minimum absolute atomic E-state index is 0.0277. The molecular formula is C18H21N7O. The van der Waals surface area contributed by atoms with Gasteiger partial charge < -0.3 is 10.2 Å². The number of hydrogen-bond acceptors (Lipinski definition) is 6.